The summed E-state index contributed by atoms with van der Waals surface area (Å²) in [6.07, 6.45) is 0. The molecule has 3 aromatic heterocycles. The van der Waals surface area contributed by atoms with Crippen molar-refractivity contribution in [1.29, 1.82) is 0 Å². The van der Waals surface area contributed by atoms with Crippen LogP contribution in [0.4, 0.5) is 0 Å². The smallest absolute Gasteiger partial charge is 0.240 e. The van der Waals surface area contributed by atoms with Gasteiger partial charge in [-0.25, -0.2) is 15.0 Å². The zero-order valence-electron chi connectivity index (χ0n) is 32.2. The molecule has 7 heteroatoms. The standard InChI is InChI=1S/C53H33N7/c1-3-15-35(16-4-1)52-55-46-24-12-14-26-48(46)60(52)53-57-49(34-27-29-36(30-28-34)51-54-45-23-11-13-25-47(45)59(51)38-17-5-2-6-18-38)56-50(58-53)37-31-32-43-41-21-8-7-19-39(41)40-20-9-10-22-42(40)44(43)33-37/h1-33H. The molecular weight excluding hydrogens is 735 g/mol. The molecule has 280 valence electrons. The highest BCUT2D eigenvalue weighted by atomic mass is 15.2. The number of hydrogen-bond donors (Lipinski definition) is 0. The van der Waals surface area contributed by atoms with E-state index in [4.69, 9.17) is 24.9 Å². The quantitative estimate of drug-likeness (QED) is 0.158. The van der Waals surface area contributed by atoms with Crippen molar-refractivity contribution in [2.45, 2.75) is 0 Å². The average molecular weight is 768 g/mol. The topological polar surface area (TPSA) is 74.3 Å². The van der Waals surface area contributed by atoms with Crippen molar-refractivity contribution in [2.24, 2.45) is 0 Å². The molecule has 3 heterocycles. The fourth-order valence-electron chi connectivity index (χ4n) is 8.61. The first kappa shape index (κ1) is 33.8. The maximum absolute atomic E-state index is 5.28. The van der Waals surface area contributed by atoms with Crippen molar-refractivity contribution >= 4 is 54.4 Å². The largest absolute Gasteiger partial charge is 0.292 e. The molecule has 0 N–H and O–H groups in total. The van der Waals surface area contributed by atoms with Gasteiger partial charge in [0, 0.05) is 27.9 Å². The first-order valence-electron chi connectivity index (χ1n) is 20.0. The number of fused-ring (bicyclic) bond motifs is 8. The summed E-state index contributed by atoms with van der Waals surface area (Å²) in [5.41, 5.74) is 8.49. The number of rotatable bonds is 6. The van der Waals surface area contributed by atoms with Crippen LogP contribution in [0.25, 0.3) is 112 Å². The molecule has 0 unspecified atom stereocenters. The van der Waals surface area contributed by atoms with Gasteiger partial charge in [0.05, 0.1) is 22.1 Å². The minimum atomic E-state index is 0.487. The number of hydrogen-bond acceptors (Lipinski definition) is 5. The van der Waals surface area contributed by atoms with E-state index in [0.717, 1.165) is 67.0 Å². The van der Waals surface area contributed by atoms with Gasteiger partial charge in [-0.2, -0.15) is 9.97 Å². The Balaban J connectivity index is 1.07. The Morgan fingerprint density at radius 1 is 0.283 bits per heavy atom. The molecule has 0 saturated carbocycles. The first-order chi connectivity index (χ1) is 29.7. The van der Waals surface area contributed by atoms with Crippen LogP contribution in [0.2, 0.25) is 0 Å². The van der Waals surface area contributed by atoms with Crippen LogP contribution < -0.4 is 0 Å². The molecule has 0 aliphatic rings. The van der Waals surface area contributed by atoms with Crippen LogP contribution in [0.15, 0.2) is 200 Å². The van der Waals surface area contributed by atoms with Crippen LogP contribution in [-0.2, 0) is 0 Å². The summed E-state index contributed by atoms with van der Waals surface area (Å²) >= 11 is 0. The zero-order valence-corrected chi connectivity index (χ0v) is 32.2. The Kier molecular flexibility index (Phi) is 7.71. The second kappa shape index (κ2) is 13.7. The van der Waals surface area contributed by atoms with Gasteiger partial charge in [0.1, 0.15) is 11.6 Å². The van der Waals surface area contributed by atoms with Crippen molar-refractivity contribution in [1.82, 2.24) is 34.1 Å². The van der Waals surface area contributed by atoms with E-state index in [2.05, 4.69) is 161 Å². The number of imidazole rings is 2. The Labute approximate surface area is 344 Å². The highest BCUT2D eigenvalue weighted by molar-refractivity contribution is 6.25. The molecule has 0 saturated heterocycles. The van der Waals surface area contributed by atoms with Crippen molar-refractivity contribution < 1.29 is 0 Å². The van der Waals surface area contributed by atoms with Gasteiger partial charge in [0.2, 0.25) is 5.95 Å². The lowest BCUT2D eigenvalue weighted by Gasteiger charge is -2.14. The maximum atomic E-state index is 5.28. The van der Waals surface area contributed by atoms with Crippen LogP contribution in [0, 0.1) is 0 Å². The van der Waals surface area contributed by atoms with E-state index in [-0.39, 0.29) is 0 Å². The summed E-state index contributed by atoms with van der Waals surface area (Å²) in [7, 11) is 0. The fourth-order valence-corrected chi connectivity index (χ4v) is 8.61. The number of para-hydroxylation sites is 5. The Morgan fingerprint density at radius 3 is 1.35 bits per heavy atom. The Bertz CT molecular complexity index is 3560. The lowest BCUT2D eigenvalue weighted by molar-refractivity contribution is 0.930. The molecule has 7 nitrogen and oxygen atoms in total. The van der Waals surface area contributed by atoms with Crippen molar-refractivity contribution in [3.05, 3.63) is 200 Å². The second-order valence-corrected chi connectivity index (χ2v) is 14.9. The normalized spacial score (nSPS) is 11.7. The third-order valence-corrected chi connectivity index (χ3v) is 11.4. The van der Waals surface area contributed by atoms with E-state index >= 15 is 0 Å². The molecule has 0 atom stereocenters. The molecule has 60 heavy (non-hydrogen) atoms. The molecule has 0 spiro atoms. The van der Waals surface area contributed by atoms with E-state index in [1.807, 2.05) is 48.5 Å². The predicted molar refractivity (Wildman–Crippen MR) is 243 cm³/mol. The molecule has 0 aliphatic heterocycles. The van der Waals surface area contributed by atoms with Gasteiger partial charge in [0.25, 0.3) is 0 Å². The van der Waals surface area contributed by atoms with Crippen LogP contribution in [0.1, 0.15) is 0 Å². The maximum Gasteiger partial charge on any atom is 0.240 e. The second-order valence-electron chi connectivity index (χ2n) is 14.9. The van der Waals surface area contributed by atoms with Gasteiger partial charge in [-0.3, -0.25) is 9.13 Å². The molecule has 12 rings (SSSR count). The highest BCUT2D eigenvalue weighted by Crippen LogP contribution is 2.38. The minimum Gasteiger partial charge on any atom is -0.292 e. The van der Waals surface area contributed by atoms with Gasteiger partial charge in [0.15, 0.2) is 11.6 Å². The third-order valence-electron chi connectivity index (χ3n) is 11.4. The van der Waals surface area contributed by atoms with E-state index in [0.29, 0.717) is 17.6 Å². The number of benzene rings is 9. The molecule has 0 fully saturated rings. The molecule has 0 aliphatic carbocycles. The molecule has 0 bridgehead atoms. The monoisotopic (exact) mass is 767 g/mol. The fraction of sp³-hybridized carbons (Fsp3) is 0. The molecule has 0 amide bonds. The van der Waals surface area contributed by atoms with Gasteiger partial charge in [-0.05, 0) is 74.8 Å². The lowest BCUT2D eigenvalue weighted by Crippen LogP contribution is -2.08. The lowest BCUT2D eigenvalue weighted by atomic mass is 9.93. The molecule has 0 radical (unpaired) electrons. The molecule has 12 aromatic rings. The van der Waals surface area contributed by atoms with Crippen LogP contribution >= 0.6 is 0 Å². The summed E-state index contributed by atoms with van der Waals surface area (Å²) < 4.78 is 4.27. The van der Waals surface area contributed by atoms with Gasteiger partial charge < -0.3 is 0 Å². The van der Waals surface area contributed by atoms with Crippen LogP contribution in [0.5, 0.6) is 0 Å². The molecule has 9 aromatic carbocycles. The number of aromatic nitrogens is 7. The third kappa shape index (κ3) is 5.48. The summed E-state index contributed by atoms with van der Waals surface area (Å²) in [5.74, 6) is 3.23. The van der Waals surface area contributed by atoms with Gasteiger partial charge in [-0.1, -0.05) is 158 Å². The summed E-state index contributed by atoms with van der Waals surface area (Å²) in [5, 5.41) is 7.19. The Hall–Kier alpha value is -8.29. The highest BCUT2D eigenvalue weighted by Gasteiger charge is 2.21. The summed E-state index contributed by atoms with van der Waals surface area (Å²) in [6.45, 7) is 0. The van der Waals surface area contributed by atoms with E-state index in [1.165, 1.54) is 26.9 Å². The summed E-state index contributed by atoms with van der Waals surface area (Å²) in [6, 6.07) is 69.2. The van der Waals surface area contributed by atoms with Crippen LogP contribution in [-0.4, -0.2) is 34.1 Å². The molecular formula is C53H33N7. The zero-order chi connectivity index (χ0) is 39.6. The van der Waals surface area contributed by atoms with Crippen LogP contribution in [0.3, 0.4) is 0 Å². The first-order valence-corrected chi connectivity index (χ1v) is 20.0. The van der Waals surface area contributed by atoms with E-state index < -0.39 is 0 Å². The predicted octanol–water partition coefficient (Wildman–Crippen LogP) is 12.7. The van der Waals surface area contributed by atoms with Crippen molar-refractivity contribution in [3.63, 3.8) is 0 Å². The van der Waals surface area contributed by atoms with Gasteiger partial charge >= 0.3 is 0 Å². The van der Waals surface area contributed by atoms with Gasteiger partial charge in [-0.15, -0.1) is 0 Å². The Morgan fingerprint density at radius 2 is 0.717 bits per heavy atom. The number of nitrogens with zero attached hydrogens (tertiary/aromatic N) is 7. The minimum absolute atomic E-state index is 0.487. The van der Waals surface area contributed by atoms with Crippen molar-refractivity contribution in [2.75, 3.05) is 0 Å². The van der Waals surface area contributed by atoms with Crippen molar-refractivity contribution in [3.8, 4) is 57.2 Å². The summed E-state index contributed by atoms with van der Waals surface area (Å²) in [4.78, 5) is 26.0. The SMILES string of the molecule is c1ccc(-c2nc3ccccc3n2-c2nc(-c3ccc(-c4nc5ccccc5n4-c4ccccc4)cc3)nc(-c3ccc4c5ccccc5c5ccccc5c4c3)n2)cc1. The van der Waals surface area contributed by atoms with E-state index in [9.17, 15) is 0 Å². The van der Waals surface area contributed by atoms with E-state index in [1.54, 1.807) is 0 Å². The average Bonchev–Trinajstić information content (AvgIpc) is 3.92.